The number of benzene rings is 2. The maximum absolute atomic E-state index is 12.5. The molecule has 0 atom stereocenters. The van der Waals surface area contributed by atoms with Crippen LogP contribution in [0.1, 0.15) is 52.7 Å². The van der Waals surface area contributed by atoms with Gasteiger partial charge in [-0.1, -0.05) is 25.8 Å². The lowest BCUT2D eigenvalue weighted by molar-refractivity contribution is 0.0946. The van der Waals surface area contributed by atoms with E-state index >= 15 is 0 Å². The van der Waals surface area contributed by atoms with E-state index in [1.165, 1.54) is 0 Å². The van der Waals surface area contributed by atoms with Gasteiger partial charge in [0.15, 0.2) is 0 Å². The molecular formula is C24H26N2O4. The molecule has 6 heteroatoms. The van der Waals surface area contributed by atoms with Crippen LogP contribution in [-0.4, -0.2) is 18.4 Å². The van der Waals surface area contributed by atoms with Crippen LogP contribution >= 0.6 is 0 Å². The van der Waals surface area contributed by atoms with Gasteiger partial charge in [0.2, 0.25) is 0 Å². The summed E-state index contributed by atoms with van der Waals surface area (Å²) in [5.74, 6) is 0.927. The van der Waals surface area contributed by atoms with Crippen molar-refractivity contribution in [3.05, 3.63) is 83.8 Å². The Bertz CT molecular complexity index is 950. The number of ether oxygens (including phenoxy) is 1. The minimum atomic E-state index is -0.249. The second-order valence-electron chi connectivity index (χ2n) is 6.88. The minimum absolute atomic E-state index is 0.243. The predicted molar refractivity (Wildman–Crippen MR) is 116 cm³/mol. The fourth-order valence-corrected chi connectivity index (χ4v) is 2.87. The Morgan fingerprint density at radius 1 is 0.933 bits per heavy atom. The molecule has 0 fully saturated rings. The Hall–Kier alpha value is -3.54. The second-order valence-corrected chi connectivity index (χ2v) is 6.88. The molecule has 0 aliphatic heterocycles. The smallest absolute Gasteiger partial charge is 0.255 e. The van der Waals surface area contributed by atoms with Crippen LogP contribution in [-0.2, 0) is 6.54 Å². The first-order valence-electron chi connectivity index (χ1n) is 10.1. The van der Waals surface area contributed by atoms with Crippen molar-refractivity contribution in [3.8, 4) is 5.75 Å². The van der Waals surface area contributed by atoms with Gasteiger partial charge in [-0.05, 0) is 61.0 Å². The Balaban J connectivity index is 1.54. The average molecular weight is 406 g/mol. The number of hydrogen-bond donors (Lipinski definition) is 2. The van der Waals surface area contributed by atoms with Gasteiger partial charge in [0.05, 0.1) is 19.4 Å². The number of hydrogen-bond acceptors (Lipinski definition) is 4. The molecule has 156 valence electrons. The van der Waals surface area contributed by atoms with Crippen LogP contribution in [0.2, 0.25) is 0 Å². The van der Waals surface area contributed by atoms with Gasteiger partial charge in [0.1, 0.15) is 11.5 Å². The quantitative estimate of drug-likeness (QED) is 0.463. The molecule has 0 spiro atoms. The lowest BCUT2D eigenvalue weighted by atomic mass is 10.1. The molecule has 0 saturated carbocycles. The van der Waals surface area contributed by atoms with Crippen molar-refractivity contribution in [3.63, 3.8) is 0 Å². The van der Waals surface area contributed by atoms with Crippen molar-refractivity contribution in [1.29, 1.82) is 0 Å². The van der Waals surface area contributed by atoms with Gasteiger partial charge in [-0.2, -0.15) is 0 Å². The number of carbonyl (C=O) groups excluding carboxylic acids is 2. The largest absolute Gasteiger partial charge is 0.494 e. The van der Waals surface area contributed by atoms with Crippen molar-refractivity contribution < 1.29 is 18.7 Å². The third-order valence-electron chi connectivity index (χ3n) is 4.52. The molecule has 0 aliphatic carbocycles. The Kier molecular flexibility index (Phi) is 7.66. The fourth-order valence-electron chi connectivity index (χ4n) is 2.87. The zero-order valence-corrected chi connectivity index (χ0v) is 17.0. The SMILES string of the molecule is CCCCCOc1ccc(C(=O)Nc2cccc(C(=O)NCc3ccco3)c2)cc1. The maximum Gasteiger partial charge on any atom is 0.255 e. The molecule has 0 bridgehead atoms. The van der Waals surface area contributed by atoms with E-state index < -0.39 is 0 Å². The molecule has 1 heterocycles. The number of unbranched alkanes of at least 4 members (excludes halogenated alkanes) is 2. The summed E-state index contributed by atoms with van der Waals surface area (Å²) in [7, 11) is 0. The van der Waals surface area contributed by atoms with E-state index in [0.717, 1.165) is 25.0 Å². The predicted octanol–water partition coefficient (Wildman–Crippen LogP) is 5.03. The summed E-state index contributed by atoms with van der Waals surface area (Å²) in [5.41, 5.74) is 1.52. The van der Waals surface area contributed by atoms with Crippen LogP contribution in [0.15, 0.2) is 71.3 Å². The van der Waals surface area contributed by atoms with Gasteiger partial charge >= 0.3 is 0 Å². The Labute approximate surface area is 176 Å². The molecule has 0 aliphatic rings. The van der Waals surface area contributed by atoms with Crippen LogP contribution in [0, 0.1) is 0 Å². The molecule has 30 heavy (non-hydrogen) atoms. The van der Waals surface area contributed by atoms with Gasteiger partial charge in [0.25, 0.3) is 11.8 Å². The van der Waals surface area contributed by atoms with E-state index in [0.29, 0.717) is 35.7 Å². The third kappa shape index (κ3) is 6.24. The molecule has 0 radical (unpaired) electrons. The topological polar surface area (TPSA) is 80.6 Å². The minimum Gasteiger partial charge on any atom is -0.494 e. The zero-order valence-electron chi connectivity index (χ0n) is 17.0. The van der Waals surface area contributed by atoms with Crippen molar-refractivity contribution in [2.75, 3.05) is 11.9 Å². The molecule has 3 rings (SSSR count). The Morgan fingerprint density at radius 2 is 1.77 bits per heavy atom. The van der Waals surface area contributed by atoms with Gasteiger partial charge in [-0.15, -0.1) is 0 Å². The monoisotopic (exact) mass is 406 g/mol. The van der Waals surface area contributed by atoms with Crippen molar-refractivity contribution >= 4 is 17.5 Å². The second kappa shape index (κ2) is 10.9. The van der Waals surface area contributed by atoms with Gasteiger partial charge in [-0.25, -0.2) is 0 Å². The summed E-state index contributed by atoms with van der Waals surface area (Å²) < 4.78 is 10.9. The summed E-state index contributed by atoms with van der Waals surface area (Å²) in [6.07, 6.45) is 4.86. The van der Waals surface area contributed by atoms with E-state index in [4.69, 9.17) is 9.15 Å². The van der Waals surface area contributed by atoms with E-state index in [-0.39, 0.29) is 11.8 Å². The normalized spacial score (nSPS) is 10.4. The standard InChI is InChI=1S/C24H26N2O4/c1-2-3-4-14-29-21-12-10-18(11-13-21)24(28)26-20-8-5-7-19(16-20)23(27)25-17-22-9-6-15-30-22/h5-13,15-16H,2-4,14,17H2,1H3,(H,25,27)(H,26,28). The molecule has 0 unspecified atom stereocenters. The number of amides is 2. The summed E-state index contributed by atoms with van der Waals surface area (Å²) >= 11 is 0. The number of carbonyl (C=O) groups is 2. The van der Waals surface area contributed by atoms with Crippen molar-refractivity contribution in [2.24, 2.45) is 0 Å². The highest BCUT2D eigenvalue weighted by atomic mass is 16.5. The van der Waals surface area contributed by atoms with E-state index in [9.17, 15) is 9.59 Å². The molecule has 3 aromatic rings. The molecule has 2 aromatic carbocycles. The molecule has 1 aromatic heterocycles. The number of anilines is 1. The highest BCUT2D eigenvalue weighted by Crippen LogP contribution is 2.16. The van der Waals surface area contributed by atoms with Crippen molar-refractivity contribution in [1.82, 2.24) is 5.32 Å². The lowest BCUT2D eigenvalue weighted by Gasteiger charge is -2.09. The van der Waals surface area contributed by atoms with Crippen LogP contribution < -0.4 is 15.4 Å². The summed E-state index contributed by atoms with van der Waals surface area (Å²) in [5, 5.41) is 5.61. The lowest BCUT2D eigenvalue weighted by Crippen LogP contribution is -2.22. The van der Waals surface area contributed by atoms with E-state index in [1.54, 1.807) is 66.9 Å². The van der Waals surface area contributed by atoms with Crippen LogP contribution in [0.25, 0.3) is 0 Å². The molecular weight excluding hydrogens is 380 g/mol. The average Bonchev–Trinajstić information content (AvgIpc) is 3.29. The molecule has 6 nitrogen and oxygen atoms in total. The summed E-state index contributed by atoms with van der Waals surface area (Å²) in [4.78, 5) is 24.9. The van der Waals surface area contributed by atoms with E-state index in [2.05, 4.69) is 17.6 Å². The van der Waals surface area contributed by atoms with Crippen LogP contribution in [0.3, 0.4) is 0 Å². The molecule has 0 saturated heterocycles. The highest BCUT2D eigenvalue weighted by Gasteiger charge is 2.10. The number of nitrogens with one attached hydrogen (secondary N) is 2. The summed E-state index contributed by atoms with van der Waals surface area (Å²) in [6.45, 7) is 3.12. The first-order valence-corrected chi connectivity index (χ1v) is 10.1. The number of rotatable bonds is 10. The van der Waals surface area contributed by atoms with Crippen LogP contribution in [0.4, 0.5) is 5.69 Å². The fraction of sp³-hybridized carbons (Fsp3) is 0.250. The third-order valence-corrected chi connectivity index (χ3v) is 4.52. The van der Waals surface area contributed by atoms with Gasteiger partial charge in [0, 0.05) is 16.8 Å². The van der Waals surface area contributed by atoms with Gasteiger partial charge in [-0.3, -0.25) is 9.59 Å². The van der Waals surface area contributed by atoms with Crippen molar-refractivity contribution in [2.45, 2.75) is 32.7 Å². The Morgan fingerprint density at radius 3 is 2.50 bits per heavy atom. The molecule has 2 N–H and O–H groups in total. The van der Waals surface area contributed by atoms with Crippen LogP contribution in [0.5, 0.6) is 5.75 Å². The first-order chi connectivity index (χ1) is 14.7. The first kappa shape index (κ1) is 21.2. The van der Waals surface area contributed by atoms with E-state index in [1.807, 2.05) is 0 Å². The summed E-state index contributed by atoms with van der Waals surface area (Å²) in [6, 6.07) is 17.4. The zero-order chi connectivity index (χ0) is 21.2. The number of furan rings is 1. The highest BCUT2D eigenvalue weighted by molar-refractivity contribution is 6.05. The van der Waals surface area contributed by atoms with Gasteiger partial charge < -0.3 is 19.8 Å². The maximum atomic E-state index is 12.5. The molecule has 2 amide bonds.